The van der Waals surface area contributed by atoms with Gasteiger partial charge in [0.15, 0.2) is 0 Å². The lowest BCUT2D eigenvalue weighted by atomic mass is 9.97. The molecule has 0 aliphatic carbocycles. The third-order valence-corrected chi connectivity index (χ3v) is 3.30. The van der Waals surface area contributed by atoms with Gasteiger partial charge in [0, 0.05) is 38.6 Å². The first kappa shape index (κ1) is 14.3. The van der Waals surface area contributed by atoms with Crippen LogP contribution in [0.5, 0.6) is 0 Å². The van der Waals surface area contributed by atoms with Gasteiger partial charge in [-0.2, -0.15) is 0 Å². The summed E-state index contributed by atoms with van der Waals surface area (Å²) in [5.74, 6) is 0.258. The molecule has 0 saturated carbocycles. The van der Waals surface area contributed by atoms with Gasteiger partial charge in [0.05, 0.1) is 5.92 Å². The number of amides is 2. The van der Waals surface area contributed by atoms with Gasteiger partial charge in [-0.3, -0.25) is 9.59 Å². The Balaban J connectivity index is 0.00000144. The SMILES string of the molecule is CC1CN(C(=O)C2CCC(=O)NC2)CCN1.Cl. The molecule has 0 bridgehead atoms. The minimum absolute atomic E-state index is 0. The van der Waals surface area contributed by atoms with E-state index in [1.807, 2.05) is 4.90 Å². The number of carbonyl (C=O) groups excluding carboxylic acids is 2. The second-order valence-corrected chi connectivity index (χ2v) is 4.68. The van der Waals surface area contributed by atoms with Crippen molar-refractivity contribution in [2.75, 3.05) is 26.2 Å². The van der Waals surface area contributed by atoms with Crippen LogP contribution in [0.25, 0.3) is 0 Å². The molecule has 98 valence electrons. The van der Waals surface area contributed by atoms with E-state index in [1.165, 1.54) is 0 Å². The summed E-state index contributed by atoms with van der Waals surface area (Å²) in [6.07, 6.45) is 1.18. The van der Waals surface area contributed by atoms with Gasteiger partial charge >= 0.3 is 0 Å². The Morgan fingerprint density at radius 2 is 2.24 bits per heavy atom. The standard InChI is InChI=1S/C11H19N3O2.ClH/c1-8-7-14(5-4-12-8)11(16)9-2-3-10(15)13-6-9;/h8-9,12H,2-7H2,1H3,(H,13,15);1H. The lowest BCUT2D eigenvalue weighted by Crippen LogP contribution is -2.54. The number of nitrogens with one attached hydrogen (secondary N) is 2. The van der Waals surface area contributed by atoms with Gasteiger partial charge in [0.2, 0.25) is 11.8 Å². The molecule has 17 heavy (non-hydrogen) atoms. The molecule has 2 amide bonds. The fourth-order valence-corrected chi connectivity index (χ4v) is 2.33. The van der Waals surface area contributed by atoms with Crippen molar-refractivity contribution >= 4 is 24.2 Å². The largest absolute Gasteiger partial charge is 0.355 e. The smallest absolute Gasteiger partial charge is 0.227 e. The van der Waals surface area contributed by atoms with Crippen molar-refractivity contribution in [3.8, 4) is 0 Å². The molecule has 0 spiro atoms. The molecule has 2 aliphatic rings. The quantitative estimate of drug-likeness (QED) is 0.685. The molecule has 2 fully saturated rings. The van der Waals surface area contributed by atoms with Crippen molar-refractivity contribution in [3.05, 3.63) is 0 Å². The van der Waals surface area contributed by atoms with E-state index in [9.17, 15) is 9.59 Å². The maximum Gasteiger partial charge on any atom is 0.227 e. The highest BCUT2D eigenvalue weighted by molar-refractivity contribution is 5.85. The van der Waals surface area contributed by atoms with Crippen LogP contribution in [0, 0.1) is 5.92 Å². The minimum Gasteiger partial charge on any atom is -0.355 e. The molecule has 2 saturated heterocycles. The highest BCUT2D eigenvalue weighted by Crippen LogP contribution is 2.15. The molecule has 0 aromatic carbocycles. The monoisotopic (exact) mass is 261 g/mol. The fourth-order valence-electron chi connectivity index (χ4n) is 2.33. The lowest BCUT2D eigenvalue weighted by Gasteiger charge is -2.35. The van der Waals surface area contributed by atoms with E-state index in [2.05, 4.69) is 17.6 Å². The minimum atomic E-state index is -0.0111. The molecule has 2 atom stereocenters. The van der Waals surface area contributed by atoms with Gasteiger partial charge in [-0.15, -0.1) is 12.4 Å². The van der Waals surface area contributed by atoms with E-state index in [1.54, 1.807) is 0 Å². The number of halogens is 1. The third kappa shape index (κ3) is 3.57. The Morgan fingerprint density at radius 1 is 1.47 bits per heavy atom. The molecular weight excluding hydrogens is 242 g/mol. The molecule has 6 heteroatoms. The predicted molar refractivity (Wildman–Crippen MR) is 67.0 cm³/mol. The average Bonchev–Trinajstić information content (AvgIpc) is 2.29. The Labute approximate surface area is 108 Å². The molecule has 2 unspecified atom stereocenters. The molecule has 0 aromatic heterocycles. The fraction of sp³-hybridized carbons (Fsp3) is 0.818. The summed E-state index contributed by atoms with van der Waals surface area (Å²) < 4.78 is 0. The van der Waals surface area contributed by atoms with Gasteiger partial charge in [-0.25, -0.2) is 0 Å². The highest BCUT2D eigenvalue weighted by atomic mass is 35.5. The third-order valence-electron chi connectivity index (χ3n) is 3.30. The van der Waals surface area contributed by atoms with Crippen LogP contribution in [0.4, 0.5) is 0 Å². The number of rotatable bonds is 1. The van der Waals surface area contributed by atoms with Gasteiger partial charge in [0.1, 0.15) is 0 Å². The predicted octanol–water partition coefficient (Wildman–Crippen LogP) is -0.245. The number of carbonyl (C=O) groups is 2. The van der Waals surface area contributed by atoms with Crippen LogP contribution < -0.4 is 10.6 Å². The summed E-state index contributed by atoms with van der Waals surface area (Å²) in [6.45, 7) is 5.03. The Hall–Kier alpha value is -0.810. The summed E-state index contributed by atoms with van der Waals surface area (Å²) >= 11 is 0. The van der Waals surface area contributed by atoms with Crippen LogP contribution in [-0.2, 0) is 9.59 Å². The number of piperazine rings is 1. The van der Waals surface area contributed by atoms with Gasteiger partial charge < -0.3 is 15.5 Å². The number of hydrogen-bond donors (Lipinski definition) is 2. The van der Waals surface area contributed by atoms with E-state index in [0.29, 0.717) is 25.4 Å². The number of hydrogen-bond acceptors (Lipinski definition) is 3. The normalized spacial score (nSPS) is 29.2. The van der Waals surface area contributed by atoms with Crippen molar-refractivity contribution < 1.29 is 9.59 Å². The van der Waals surface area contributed by atoms with Gasteiger partial charge in [-0.1, -0.05) is 0 Å². The summed E-state index contributed by atoms with van der Waals surface area (Å²) in [5, 5.41) is 6.07. The summed E-state index contributed by atoms with van der Waals surface area (Å²) in [6, 6.07) is 0.371. The van der Waals surface area contributed by atoms with E-state index in [-0.39, 0.29) is 30.1 Å². The van der Waals surface area contributed by atoms with Gasteiger partial charge in [-0.05, 0) is 13.3 Å². The summed E-state index contributed by atoms with van der Waals surface area (Å²) in [4.78, 5) is 25.1. The first-order valence-corrected chi connectivity index (χ1v) is 5.95. The zero-order chi connectivity index (χ0) is 11.5. The van der Waals surface area contributed by atoms with E-state index < -0.39 is 0 Å². The van der Waals surface area contributed by atoms with Crippen molar-refractivity contribution in [3.63, 3.8) is 0 Å². The second-order valence-electron chi connectivity index (χ2n) is 4.68. The van der Waals surface area contributed by atoms with E-state index >= 15 is 0 Å². The van der Waals surface area contributed by atoms with Crippen LogP contribution in [0.15, 0.2) is 0 Å². The van der Waals surface area contributed by atoms with Crippen LogP contribution >= 0.6 is 12.4 Å². The van der Waals surface area contributed by atoms with Gasteiger partial charge in [0.25, 0.3) is 0 Å². The molecule has 0 radical (unpaired) electrons. The molecule has 2 heterocycles. The van der Waals surface area contributed by atoms with E-state index in [4.69, 9.17) is 0 Å². The molecule has 2 N–H and O–H groups in total. The van der Waals surface area contributed by atoms with Crippen LogP contribution in [-0.4, -0.2) is 48.9 Å². The van der Waals surface area contributed by atoms with Crippen molar-refractivity contribution in [2.24, 2.45) is 5.92 Å². The molecule has 0 aromatic rings. The molecule has 5 nitrogen and oxygen atoms in total. The topological polar surface area (TPSA) is 61.4 Å². The molecular formula is C11H20ClN3O2. The number of nitrogens with zero attached hydrogens (tertiary/aromatic N) is 1. The Bertz CT molecular complexity index is 288. The van der Waals surface area contributed by atoms with Crippen molar-refractivity contribution in [2.45, 2.75) is 25.8 Å². The van der Waals surface area contributed by atoms with Crippen molar-refractivity contribution in [1.29, 1.82) is 0 Å². The first-order chi connectivity index (χ1) is 7.66. The van der Waals surface area contributed by atoms with Crippen LogP contribution in [0.2, 0.25) is 0 Å². The number of piperidine rings is 1. The van der Waals surface area contributed by atoms with Crippen LogP contribution in [0.1, 0.15) is 19.8 Å². The average molecular weight is 262 g/mol. The Morgan fingerprint density at radius 3 is 2.82 bits per heavy atom. The maximum atomic E-state index is 12.2. The lowest BCUT2D eigenvalue weighted by molar-refractivity contribution is -0.138. The zero-order valence-electron chi connectivity index (χ0n) is 10.1. The maximum absolute atomic E-state index is 12.2. The highest BCUT2D eigenvalue weighted by Gasteiger charge is 2.30. The summed E-state index contributed by atoms with van der Waals surface area (Å²) in [5.41, 5.74) is 0. The van der Waals surface area contributed by atoms with Crippen LogP contribution in [0.3, 0.4) is 0 Å². The first-order valence-electron chi connectivity index (χ1n) is 5.95. The van der Waals surface area contributed by atoms with E-state index in [0.717, 1.165) is 19.6 Å². The second kappa shape index (κ2) is 6.21. The summed E-state index contributed by atoms with van der Waals surface area (Å²) in [7, 11) is 0. The molecule has 2 rings (SSSR count). The molecule has 2 aliphatic heterocycles. The van der Waals surface area contributed by atoms with Crippen molar-refractivity contribution in [1.82, 2.24) is 15.5 Å². The Kier molecular flexibility index (Phi) is 5.21. The zero-order valence-corrected chi connectivity index (χ0v) is 10.9.